The lowest BCUT2D eigenvalue weighted by Gasteiger charge is -2.15. The molecular formula is C37H28FN2+. The van der Waals surface area contributed by atoms with Crippen molar-refractivity contribution in [1.29, 1.82) is 0 Å². The Morgan fingerprint density at radius 2 is 1.12 bits per heavy atom. The van der Waals surface area contributed by atoms with Crippen LogP contribution in [0.2, 0.25) is 0 Å². The van der Waals surface area contributed by atoms with Crippen molar-refractivity contribution in [1.82, 2.24) is 4.57 Å². The van der Waals surface area contributed by atoms with E-state index in [0.717, 1.165) is 55.4 Å². The molecule has 0 amide bonds. The van der Waals surface area contributed by atoms with Gasteiger partial charge in [-0.3, -0.25) is 0 Å². The third kappa shape index (κ3) is 3.82. The normalized spacial score (nSPS) is 11.4. The molecule has 0 fully saturated rings. The first-order chi connectivity index (χ1) is 19.6. The fraction of sp³-hybridized carbons (Fsp3) is 0.0541. The van der Waals surface area contributed by atoms with Gasteiger partial charge in [0.05, 0.1) is 16.6 Å². The summed E-state index contributed by atoms with van der Waals surface area (Å²) in [6, 6.07) is 43.0. The molecule has 0 bridgehead atoms. The van der Waals surface area contributed by atoms with Crippen LogP contribution in [0.1, 0.15) is 5.56 Å². The Morgan fingerprint density at radius 3 is 1.82 bits per heavy atom. The van der Waals surface area contributed by atoms with Crippen LogP contribution in [0, 0.1) is 12.7 Å². The molecule has 0 radical (unpaired) electrons. The maximum atomic E-state index is 16.0. The maximum absolute atomic E-state index is 16.0. The summed E-state index contributed by atoms with van der Waals surface area (Å²) < 4.78 is 20.4. The second-order valence-electron chi connectivity index (χ2n) is 10.3. The van der Waals surface area contributed by atoms with E-state index in [1.165, 1.54) is 5.56 Å². The molecule has 0 unspecified atom stereocenters. The molecule has 0 saturated heterocycles. The van der Waals surface area contributed by atoms with Gasteiger partial charge in [0, 0.05) is 34.2 Å². The van der Waals surface area contributed by atoms with Gasteiger partial charge in [-0.05, 0) is 59.5 Å². The van der Waals surface area contributed by atoms with Crippen LogP contribution in [0.5, 0.6) is 0 Å². The second kappa shape index (κ2) is 9.62. The Morgan fingerprint density at radius 1 is 0.550 bits per heavy atom. The van der Waals surface area contributed by atoms with E-state index >= 15 is 4.39 Å². The smallest absolute Gasteiger partial charge is 0.214 e. The van der Waals surface area contributed by atoms with Crippen molar-refractivity contribution >= 4 is 21.8 Å². The van der Waals surface area contributed by atoms with E-state index in [1.54, 1.807) is 6.07 Å². The predicted octanol–water partition coefficient (Wildman–Crippen LogP) is 9.06. The molecule has 5 aromatic carbocycles. The first-order valence-electron chi connectivity index (χ1n) is 13.5. The van der Waals surface area contributed by atoms with Gasteiger partial charge in [-0.2, -0.15) is 0 Å². The largest absolute Gasteiger partial charge is 0.308 e. The number of hydrogen-bond donors (Lipinski definition) is 0. The molecule has 0 N–H and O–H groups in total. The van der Waals surface area contributed by atoms with Crippen LogP contribution in [0.3, 0.4) is 0 Å². The summed E-state index contributed by atoms with van der Waals surface area (Å²) in [5.74, 6) is -0.233. The van der Waals surface area contributed by atoms with Crippen LogP contribution < -0.4 is 4.57 Å². The van der Waals surface area contributed by atoms with Crippen LogP contribution in [-0.4, -0.2) is 4.57 Å². The molecule has 0 aliphatic carbocycles. The van der Waals surface area contributed by atoms with Gasteiger partial charge in [0.2, 0.25) is 5.69 Å². The molecule has 0 aliphatic heterocycles. The zero-order valence-corrected chi connectivity index (χ0v) is 22.5. The van der Waals surface area contributed by atoms with E-state index in [1.807, 2.05) is 60.7 Å². The van der Waals surface area contributed by atoms with Gasteiger partial charge < -0.3 is 4.57 Å². The Hall–Kier alpha value is -5.02. The predicted molar refractivity (Wildman–Crippen MR) is 163 cm³/mol. The monoisotopic (exact) mass is 519 g/mol. The number of halogens is 1. The second-order valence-corrected chi connectivity index (χ2v) is 10.3. The zero-order valence-electron chi connectivity index (χ0n) is 22.5. The van der Waals surface area contributed by atoms with Gasteiger partial charge in [0.1, 0.15) is 12.9 Å². The van der Waals surface area contributed by atoms with Gasteiger partial charge in [-0.25, -0.2) is 8.96 Å². The van der Waals surface area contributed by atoms with E-state index in [2.05, 4.69) is 90.0 Å². The number of fused-ring (bicyclic) bond motifs is 3. The summed E-state index contributed by atoms with van der Waals surface area (Å²) in [4.78, 5) is 0. The number of benzene rings is 5. The molecule has 0 spiro atoms. The molecular weight excluding hydrogens is 491 g/mol. The fourth-order valence-electron chi connectivity index (χ4n) is 5.95. The van der Waals surface area contributed by atoms with Crippen molar-refractivity contribution in [2.45, 2.75) is 6.92 Å². The Labute approximate surface area is 233 Å². The van der Waals surface area contributed by atoms with Crippen molar-refractivity contribution in [3.8, 4) is 39.2 Å². The number of aryl methyl sites for hydroxylation is 2. The number of para-hydroxylation sites is 1. The molecule has 3 heteroatoms. The highest BCUT2D eigenvalue weighted by Crippen LogP contribution is 2.43. The molecule has 2 heterocycles. The lowest BCUT2D eigenvalue weighted by atomic mass is 9.97. The highest BCUT2D eigenvalue weighted by Gasteiger charge is 2.25. The SMILES string of the molecule is Cc1ccc2c3ccc(F)c(-c4ccc(-c5ccccc5)cc4)c3n(-c3ccccc3)c2c1-c1cccc[n+]1C. The van der Waals surface area contributed by atoms with Crippen LogP contribution in [-0.2, 0) is 7.05 Å². The van der Waals surface area contributed by atoms with Crippen molar-refractivity contribution in [3.05, 3.63) is 145 Å². The van der Waals surface area contributed by atoms with Crippen LogP contribution in [0.4, 0.5) is 4.39 Å². The van der Waals surface area contributed by atoms with Crippen molar-refractivity contribution < 1.29 is 8.96 Å². The quantitative estimate of drug-likeness (QED) is 0.205. The Bertz CT molecular complexity index is 2000. The number of pyridine rings is 1. The Kier molecular flexibility index (Phi) is 5.78. The molecule has 0 saturated carbocycles. The molecule has 2 nitrogen and oxygen atoms in total. The van der Waals surface area contributed by atoms with Crippen LogP contribution in [0.15, 0.2) is 134 Å². The maximum Gasteiger partial charge on any atom is 0.214 e. The minimum absolute atomic E-state index is 0.233. The summed E-state index contributed by atoms with van der Waals surface area (Å²) >= 11 is 0. The van der Waals surface area contributed by atoms with Gasteiger partial charge >= 0.3 is 0 Å². The minimum atomic E-state index is -0.233. The molecule has 40 heavy (non-hydrogen) atoms. The minimum Gasteiger partial charge on any atom is -0.308 e. The molecule has 7 aromatic rings. The number of nitrogens with zero attached hydrogens (tertiary/aromatic N) is 2. The highest BCUT2D eigenvalue weighted by molar-refractivity contribution is 6.17. The third-order valence-electron chi connectivity index (χ3n) is 7.86. The standard InChI is InChI=1S/C37H28FN2/c1-25-16-21-30-31-22-23-32(38)35(28-19-17-27(18-20-28)26-11-5-3-6-12-26)37(31)40(29-13-7-4-8-14-29)36(30)34(25)33-15-9-10-24-39(33)2/h3-24H,1-2H3/q+1. The number of hydrogen-bond acceptors (Lipinski definition) is 0. The average Bonchev–Trinajstić information content (AvgIpc) is 3.33. The van der Waals surface area contributed by atoms with Crippen molar-refractivity contribution in [3.63, 3.8) is 0 Å². The van der Waals surface area contributed by atoms with Gasteiger partial charge in [-0.1, -0.05) is 84.9 Å². The summed E-state index contributed by atoms with van der Waals surface area (Å²) in [6.07, 6.45) is 2.07. The fourth-order valence-corrected chi connectivity index (χ4v) is 5.95. The van der Waals surface area contributed by atoms with E-state index in [4.69, 9.17) is 0 Å². The van der Waals surface area contributed by atoms with E-state index in [0.29, 0.717) is 5.56 Å². The van der Waals surface area contributed by atoms with Crippen molar-refractivity contribution in [2.24, 2.45) is 7.05 Å². The number of aromatic nitrogens is 2. The lowest BCUT2D eigenvalue weighted by molar-refractivity contribution is -0.660. The summed E-state index contributed by atoms with van der Waals surface area (Å²) in [5, 5.41) is 2.13. The first-order valence-corrected chi connectivity index (χ1v) is 13.5. The third-order valence-corrected chi connectivity index (χ3v) is 7.86. The van der Waals surface area contributed by atoms with E-state index < -0.39 is 0 Å². The van der Waals surface area contributed by atoms with Gasteiger partial charge in [0.25, 0.3) is 0 Å². The first kappa shape index (κ1) is 24.1. The van der Waals surface area contributed by atoms with Crippen molar-refractivity contribution in [2.75, 3.05) is 0 Å². The van der Waals surface area contributed by atoms with E-state index in [-0.39, 0.29) is 5.82 Å². The van der Waals surface area contributed by atoms with E-state index in [9.17, 15) is 0 Å². The molecule has 0 atom stereocenters. The number of rotatable bonds is 4. The topological polar surface area (TPSA) is 8.81 Å². The molecule has 0 aliphatic rings. The zero-order chi connectivity index (χ0) is 27.2. The molecule has 192 valence electrons. The summed E-state index contributed by atoms with van der Waals surface area (Å²) in [7, 11) is 2.07. The molecule has 2 aromatic heterocycles. The lowest BCUT2D eigenvalue weighted by Crippen LogP contribution is -2.30. The van der Waals surface area contributed by atoms with Gasteiger partial charge in [0.15, 0.2) is 6.20 Å². The Balaban J connectivity index is 1.60. The summed E-state index contributed by atoms with van der Waals surface area (Å²) in [5.41, 5.74) is 10.1. The summed E-state index contributed by atoms with van der Waals surface area (Å²) in [6.45, 7) is 2.15. The molecule has 7 rings (SSSR count). The van der Waals surface area contributed by atoms with Crippen LogP contribution in [0.25, 0.3) is 61.0 Å². The van der Waals surface area contributed by atoms with Crippen LogP contribution >= 0.6 is 0 Å². The highest BCUT2D eigenvalue weighted by atomic mass is 19.1. The average molecular weight is 520 g/mol. The van der Waals surface area contributed by atoms with Gasteiger partial charge in [-0.15, -0.1) is 0 Å².